The van der Waals surface area contributed by atoms with Gasteiger partial charge in [0.05, 0.1) is 19.1 Å². The van der Waals surface area contributed by atoms with Crippen LogP contribution in [-0.2, 0) is 4.79 Å². The first-order valence-corrected chi connectivity index (χ1v) is 5.06. The van der Waals surface area contributed by atoms with E-state index in [0.717, 1.165) is 0 Å². The minimum absolute atomic E-state index is 0.107. The molecule has 0 radical (unpaired) electrons. The van der Waals surface area contributed by atoms with Crippen molar-refractivity contribution >= 4 is 5.97 Å². The highest BCUT2D eigenvalue weighted by molar-refractivity contribution is 5.72. The van der Waals surface area contributed by atoms with E-state index in [1.165, 1.54) is 0 Å². The van der Waals surface area contributed by atoms with E-state index in [1.807, 2.05) is 13.0 Å². The molecule has 0 aliphatic heterocycles. The highest BCUT2D eigenvalue weighted by Crippen LogP contribution is 2.19. The molecule has 0 heterocycles. The summed E-state index contributed by atoms with van der Waals surface area (Å²) in [6, 6.07) is 8.75. The molecule has 4 heteroatoms. The number of carbonyl (C=O) groups is 1. The van der Waals surface area contributed by atoms with Crippen molar-refractivity contribution in [3.63, 3.8) is 0 Å². The molecule has 0 amide bonds. The summed E-state index contributed by atoms with van der Waals surface area (Å²) >= 11 is 0. The van der Waals surface area contributed by atoms with Crippen LogP contribution < -0.4 is 9.47 Å². The molecule has 0 N–H and O–H groups in total. The van der Waals surface area contributed by atoms with E-state index in [1.54, 1.807) is 24.3 Å². The van der Waals surface area contributed by atoms with Gasteiger partial charge in [-0.25, -0.2) is 0 Å². The van der Waals surface area contributed by atoms with E-state index in [2.05, 4.69) is 0 Å². The number of nitrogens with zero attached hydrogens (tertiary/aromatic N) is 1. The third-order valence-corrected chi connectivity index (χ3v) is 1.79. The predicted molar refractivity (Wildman–Crippen MR) is 58.1 cm³/mol. The molecule has 0 aliphatic rings. The zero-order valence-electron chi connectivity index (χ0n) is 9.10. The molecular formula is C12H13NO3. The molecule has 0 saturated heterocycles. The van der Waals surface area contributed by atoms with Gasteiger partial charge in [0.2, 0.25) is 0 Å². The van der Waals surface area contributed by atoms with E-state index >= 15 is 0 Å². The molecule has 84 valence electrons. The predicted octanol–water partition coefficient (Wildman–Crippen LogP) is 2.29. The summed E-state index contributed by atoms with van der Waals surface area (Å²) in [5.41, 5.74) is 0. The van der Waals surface area contributed by atoms with Crippen molar-refractivity contribution in [1.29, 1.82) is 5.26 Å². The van der Waals surface area contributed by atoms with Crippen molar-refractivity contribution in [3.05, 3.63) is 24.3 Å². The van der Waals surface area contributed by atoms with Crippen LogP contribution in [-0.4, -0.2) is 12.6 Å². The number of hydrogen-bond donors (Lipinski definition) is 0. The summed E-state index contributed by atoms with van der Waals surface area (Å²) in [6.07, 6.45) is 0.277. The first-order chi connectivity index (χ1) is 7.76. The molecule has 0 saturated carbocycles. The molecule has 0 aliphatic carbocycles. The van der Waals surface area contributed by atoms with Gasteiger partial charge in [-0.15, -0.1) is 0 Å². The number of ether oxygens (including phenoxy) is 2. The Morgan fingerprint density at radius 3 is 2.88 bits per heavy atom. The maximum absolute atomic E-state index is 11.2. The fourth-order valence-electron chi connectivity index (χ4n) is 1.13. The van der Waals surface area contributed by atoms with Crippen LogP contribution in [0.25, 0.3) is 0 Å². The molecule has 0 spiro atoms. The monoisotopic (exact) mass is 219 g/mol. The van der Waals surface area contributed by atoms with Gasteiger partial charge in [0, 0.05) is 12.5 Å². The Bertz CT molecular complexity index is 395. The summed E-state index contributed by atoms with van der Waals surface area (Å²) in [6.45, 7) is 2.44. The van der Waals surface area contributed by atoms with Crippen molar-refractivity contribution in [2.75, 3.05) is 6.61 Å². The lowest BCUT2D eigenvalue weighted by Gasteiger charge is -2.06. The molecule has 1 rings (SSSR count). The van der Waals surface area contributed by atoms with Gasteiger partial charge < -0.3 is 9.47 Å². The SMILES string of the molecule is CCOc1cccc(OC(=O)CCC#N)c1. The van der Waals surface area contributed by atoms with Gasteiger partial charge in [0.1, 0.15) is 11.5 Å². The van der Waals surface area contributed by atoms with Crippen LogP contribution in [0.5, 0.6) is 11.5 Å². The van der Waals surface area contributed by atoms with E-state index in [-0.39, 0.29) is 12.8 Å². The third kappa shape index (κ3) is 4.01. The number of carbonyl (C=O) groups excluding carboxylic acids is 1. The Morgan fingerprint density at radius 2 is 2.19 bits per heavy atom. The number of rotatable bonds is 5. The lowest BCUT2D eigenvalue weighted by atomic mass is 10.3. The maximum atomic E-state index is 11.2. The normalized spacial score (nSPS) is 9.25. The number of hydrogen-bond acceptors (Lipinski definition) is 4. The molecule has 0 aromatic heterocycles. The minimum atomic E-state index is -0.407. The smallest absolute Gasteiger partial charge is 0.312 e. The maximum Gasteiger partial charge on any atom is 0.312 e. The lowest BCUT2D eigenvalue weighted by Crippen LogP contribution is -2.07. The van der Waals surface area contributed by atoms with Crippen LogP contribution >= 0.6 is 0 Å². The van der Waals surface area contributed by atoms with Gasteiger partial charge >= 0.3 is 5.97 Å². The summed E-state index contributed by atoms with van der Waals surface area (Å²) in [5, 5.41) is 8.32. The van der Waals surface area contributed by atoms with Crippen LogP contribution in [0, 0.1) is 11.3 Å². The molecule has 1 aromatic rings. The highest BCUT2D eigenvalue weighted by atomic mass is 16.5. The van der Waals surface area contributed by atoms with E-state index in [9.17, 15) is 4.79 Å². The molecular weight excluding hydrogens is 206 g/mol. The Kier molecular flexibility index (Phi) is 4.87. The van der Waals surface area contributed by atoms with Gasteiger partial charge in [0.15, 0.2) is 0 Å². The zero-order valence-corrected chi connectivity index (χ0v) is 9.10. The number of nitriles is 1. The quantitative estimate of drug-likeness (QED) is 0.563. The first kappa shape index (κ1) is 12.1. The molecule has 4 nitrogen and oxygen atoms in total. The van der Waals surface area contributed by atoms with Gasteiger partial charge in [-0.1, -0.05) is 6.07 Å². The molecule has 0 atom stereocenters. The zero-order chi connectivity index (χ0) is 11.8. The second-order valence-electron chi connectivity index (χ2n) is 3.04. The van der Waals surface area contributed by atoms with Gasteiger partial charge in [-0.2, -0.15) is 5.26 Å². The minimum Gasteiger partial charge on any atom is -0.494 e. The number of benzene rings is 1. The fourth-order valence-corrected chi connectivity index (χ4v) is 1.13. The Morgan fingerprint density at radius 1 is 1.44 bits per heavy atom. The first-order valence-electron chi connectivity index (χ1n) is 5.06. The van der Waals surface area contributed by atoms with Crippen molar-refractivity contribution < 1.29 is 14.3 Å². The molecule has 1 aromatic carbocycles. The second kappa shape index (κ2) is 6.46. The van der Waals surface area contributed by atoms with Crippen molar-refractivity contribution in [3.8, 4) is 17.6 Å². The lowest BCUT2D eigenvalue weighted by molar-refractivity contribution is -0.134. The van der Waals surface area contributed by atoms with Crippen molar-refractivity contribution in [2.24, 2.45) is 0 Å². The standard InChI is InChI=1S/C12H13NO3/c1-2-15-10-5-3-6-11(9-10)16-12(14)7-4-8-13/h3,5-6,9H,2,4,7H2,1H3. The number of esters is 1. The van der Waals surface area contributed by atoms with Crippen LogP contribution in [0.15, 0.2) is 24.3 Å². The topological polar surface area (TPSA) is 59.3 Å². The average molecular weight is 219 g/mol. The van der Waals surface area contributed by atoms with E-state index in [0.29, 0.717) is 18.1 Å². The second-order valence-corrected chi connectivity index (χ2v) is 3.04. The van der Waals surface area contributed by atoms with E-state index < -0.39 is 5.97 Å². The summed E-state index contributed by atoms with van der Waals surface area (Å²) in [5.74, 6) is 0.692. The largest absolute Gasteiger partial charge is 0.494 e. The Balaban J connectivity index is 2.56. The molecule has 16 heavy (non-hydrogen) atoms. The van der Waals surface area contributed by atoms with Crippen molar-refractivity contribution in [2.45, 2.75) is 19.8 Å². The third-order valence-electron chi connectivity index (χ3n) is 1.79. The molecule has 0 unspecified atom stereocenters. The average Bonchev–Trinajstić information content (AvgIpc) is 2.27. The summed E-state index contributed by atoms with van der Waals surface area (Å²) in [7, 11) is 0. The van der Waals surface area contributed by atoms with Crippen LogP contribution in [0.2, 0.25) is 0 Å². The van der Waals surface area contributed by atoms with Gasteiger partial charge in [-0.05, 0) is 19.1 Å². The summed E-state index contributed by atoms with van der Waals surface area (Å²) < 4.78 is 10.3. The highest BCUT2D eigenvalue weighted by Gasteiger charge is 2.04. The molecule has 0 bridgehead atoms. The Labute approximate surface area is 94.4 Å². The van der Waals surface area contributed by atoms with Gasteiger partial charge in [0.25, 0.3) is 0 Å². The summed E-state index contributed by atoms with van der Waals surface area (Å²) in [4.78, 5) is 11.2. The Hall–Kier alpha value is -2.02. The molecule has 0 fully saturated rings. The van der Waals surface area contributed by atoms with Crippen molar-refractivity contribution in [1.82, 2.24) is 0 Å². The van der Waals surface area contributed by atoms with Crippen LogP contribution in [0.3, 0.4) is 0 Å². The van der Waals surface area contributed by atoms with Gasteiger partial charge in [-0.3, -0.25) is 4.79 Å². The van der Waals surface area contributed by atoms with Crippen LogP contribution in [0.4, 0.5) is 0 Å². The van der Waals surface area contributed by atoms with E-state index in [4.69, 9.17) is 14.7 Å². The fraction of sp³-hybridized carbons (Fsp3) is 0.333. The van der Waals surface area contributed by atoms with Crippen LogP contribution in [0.1, 0.15) is 19.8 Å².